The highest BCUT2D eigenvalue weighted by atomic mass is 32.1. The van der Waals surface area contributed by atoms with Crippen molar-refractivity contribution in [2.75, 3.05) is 149 Å². The first-order chi connectivity index (χ1) is 64.4. The number of nitrogens with zero attached hydrogens (tertiary/aromatic N) is 10. The second-order valence-electron chi connectivity index (χ2n) is 39.0. The van der Waals surface area contributed by atoms with Crippen LogP contribution in [0.25, 0.3) is 40.9 Å². The van der Waals surface area contributed by atoms with Gasteiger partial charge in [0.1, 0.15) is 86.4 Å². The minimum absolute atomic E-state index is 0.0308. The van der Waals surface area contributed by atoms with E-state index in [4.69, 9.17) is 72.8 Å². The predicted octanol–water partition coefficient (Wildman–Crippen LogP) is 12.4. The van der Waals surface area contributed by atoms with Crippen molar-refractivity contribution in [3.8, 4) is 11.5 Å². The first kappa shape index (κ1) is 91.9. The van der Waals surface area contributed by atoms with Crippen LogP contribution in [0, 0.1) is 50.4 Å². The number of ether oxygens (including phenoxy) is 6. The minimum Gasteiger partial charge on any atom is -0.491 e. The molecule has 22 rings (SSSR count). The van der Waals surface area contributed by atoms with Crippen LogP contribution in [-0.2, 0) is 57.5 Å². The fourth-order valence-corrected chi connectivity index (χ4v) is 24.9. The Morgan fingerprint density at radius 1 is 0.425 bits per heavy atom. The molecule has 134 heavy (non-hydrogen) atoms. The van der Waals surface area contributed by atoms with E-state index in [9.17, 15) is 19.2 Å². The number of hydrogen-bond donors (Lipinski definition) is 10. The summed E-state index contributed by atoms with van der Waals surface area (Å²) in [5, 5.41) is 15.9. The first-order valence-electron chi connectivity index (χ1n) is 46.5. The van der Waals surface area contributed by atoms with Crippen LogP contribution in [-0.4, -0.2) is 207 Å². The van der Waals surface area contributed by atoms with Gasteiger partial charge in [-0.2, -0.15) is 0 Å². The van der Waals surface area contributed by atoms with Crippen molar-refractivity contribution in [3.63, 3.8) is 0 Å². The summed E-state index contributed by atoms with van der Waals surface area (Å²) in [4.78, 5) is 94.7. The SMILES string of the molecule is COC[C@@]1(C)CN(c2ccc3c(n2)CC[C@H](NC(=O)c2sc4nc(C)ccc4c2N)C3)C[C@@H]1C.COC[C@]1(C)CN(c2ccc3c(n2)CC[C@H](NC(=O)c2sc4nc(C)ccc4c2N)C3)C[C@@H]1C.Cc1ccc2c(N)c(C(=O)N[C@H]3COc4cc(N5C[C@@H](N)[C@@]6(CCO6)C5)ccc4C3)sc2n1.Cc1ccc2c(N)c(C(=O)N[C@H]3COc4cc(N5C[C@H](N)[C@]6(CCO6)C5)ccc4C3)sc2n1. The third-order valence-corrected chi connectivity index (χ3v) is 33.7. The van der Waals surface area contributed by atoms with Crippen molar-refractivity contribution in [3.05, 3.63) is 185 Å². The molecule has 2 aliphatic carbocycles. The van der Waals surface area contributed by atoms with Crippen LogP contribution in [0.5, 0.6) is 11.5 Å². The van der Waals surface area contributed by atoms with Gasteiger partial charge in [-0.1, -0.05) is 52.0 Å². The number of hydrogen-bond acceptors (Lipinski definition) is 30. The maximum atomic E-state index is 13.0. The van der Waals surface area contributed by atoms with Gasteiger partial charge in [0.15, 0.2) is 0 Å². The third kappa shape index (κ3) is 18.2. The summed E-state index contributed by atoms with van der Waals surface area (Å²) in [5.74, 6) is 4.33. The maximum Gasteiger partial charge on any atom is 0.263 e. The van der Waals surface area contributed by atoms with Gasteiger partial charge in [0.2, 0.25) is 0 Å². The Hall–Kier alpha value is -11.2. The molecular weight excluding hydrogens is 1770 g/mol. The molecule has 4 amide bonds. The lowest BCUT2D eigenvalue weighted by atomic mass is 9.82. The summed E-state index contributed by atoms with van der Waals surface area (Å²) < 4.78 is 34.7. The zero-order chi connectivity index (χ0) is 93.6. The molecule has 0 bridgehead atoms. The van der Waals surface area contributed by atoms with Gasteiger partial charge in [-0.3, -0.25) is 19.2 Å². The number of anilines is 8. The van der Waals surface area contributed by atoms with E-state index in [0.29, 0.717) is 80.1 Å². The fraction of sp³-hybridized carbons (Fsp3) is 0.460. The molecule has 704 valence electrons. The molecular formula is C100H120N20O10S4. The zero-order valence-corrected chi connectivity index (χ0v) is 80.9. The van der Waals surface area contributed by atoms with E-state index in [0.717, 1.165) is 251 Å². The molecule has 0 radical (unpaired) electrons. The normalized spacial score (nSPS) is 25.3. The lowest BCUT2D eigenvalue weighted by molar-refractivity contribution is -0.139. The van der Waals surface area contributed by atoms with Gasteiger partial charge in [-0.15, -0.1) is 45.3 Å². The fourth-order valence-electron chi connectivity index (χ4n) is 20.7. The number of nitrogens with one attached hydrogen (secondary N) is 4. The highest BCUT2D eigenvalue weighted by molar-refractivity contribution is 7.22. The van der Waals surface area contributed by atoms with E-state index < -0.39 is 0 Å². The molecule has 2 spiro atoms. The van der Waals surface area contributed by atoms with Crippen LogP contribution in [0.1, 0.15) is 148 Å². The molecule has 18 heterocycles. The van der Waals surface area contributed by atoms with Crippen LogP contribution in [0.15, 0.2) is 109 Å². The van der Waals surface area contributed by atoms with Crippen molar-refractivity contribution >= 4 is 156 Å². The zero-order valence-electron chi connectivity index (χ0n) is 77.6. The number of thiophene rings is 4. The molecule has 16 N–H and O–H groups in total. The standard InChI is InChI=1S/2C26H33N5O2S.2C24H27N5O3S/c2*1-15-12-31(13-26(15,3)14-33-4)21-10-6-17-11-18(7-9-20(17)30-21)29-24(32)23-22(27)19-8-5-16(2)28-25(19)34-23;2*1-13-2-5-17-20(26)21(33-23(17)27-13)22(30)28-15-8-14-3-4-16(9-18(14)31-11-15)29-10-19(25)24(12-29)6-7-32-24/h2*5-6,8,10,15,18H,7,9,11-14,27H2,1-4H3,(H,29,32);2*2-5,9,15,19H,6-8,10-12,25-26H2,1H3,(H,28,30)/t15-,18-,26+;15-,18-,26-;15-,19+,24+;15-,19-,24-/m0011/s1. The number of fused-ring (bicyclic) bond motifs is 8. The lowest BCUT2D eigenvalue weighted by Gasteiger charge is -2.41. The average Bonchev–Trinajstić information content (AvgIpc) is 1.60. The Balaban J connectivity index is 0.000000115. The van der Waals surface area contributed by atoms with Crippen molar-refractivity contribution in [2.24, 2.45) is 34.1 Å². The van der Waals surface area contributed by atoms with E-state index in [-0.39, 0.29) is 81.9 Å². The van der Waals surface area contributed by atoms with E-state index >= 15 is 0 Å². The number of nitrogens with two attached hydrogens (primary N) is 6. The van der Waals surface area contributed by atoms with Gasteiger partial charge < -0.3 is 104 Å². The van der Waals surface area contributed by atoms with Crippen molar-refractivity contribution < 1.29 is 47.6 Å². The Labute approximate surface area is 795 Å². The smallest absolute Gasteiger partial charge is 0.263 e. The summed E-state index contributed by atoms with van der Waals surface area (Å²) >= 11 is 5.39. The number of benzene rings is 2. The number of nitrogen functional groups attached to an aromatic ring is 4. The lowest BCUT2D eigenvalue weighted by Crippen LogP contribution is -2.56. The number of rotatable bonds is 16. The number of carbonyl (C=O) groups is 4. The van der Waals surface area contributed by atoms with Crippen LogP contribution in [0.4, 0.5) is 45.8 Å². The monoisotopic (exact) mass is 1890 g/mol. The van der Waals surface area contributed by atoms with E-state index in [1.807, 2.05) is 76.2 Å². The highest BCUT2D eigenvalue weighted by Crippen LogP contribution is 2.46. The second-order valence-corrected chi connectivity index (χ2v) is 43.0. The molecule has 2 aromatic carbocycles. The van der Waals surface area contributed by atoms with Gasteiger partial charge in [-0.25, -0.2) is 29.9 Å². The van der Waals surface area contributed by atoms with Crippen molar-refractivity contribution in [1.29, 1.82) is 0 Å². The summed E-state index contributed by atoms with van der Waals surface area (Å²) in [7, 11) is 3.56. The number of carbonyl (C=O) groups excluding carboxylic acids is 4. The van der Waals surface area contributed by atoms with Crippen LogP contribution < -0.4 is 84.7 Å². The average molecular weight is 1890 g/mol. The molecule has 30 nitrogen and oxygen atoms in total. The Morgan fingerprint density at radius 3 is 1.06 bits per heavy atom. The largest absolute Gasteiger partial charge is 0.491 e. The quantitative estimate of drug-likeness (QED) is 0.0429. The third-order valence-electron chi connectivity index (χ3n) is 29.2. The van der Waals surface area contributed by atoms with Crippen LogP contribution in [0.3, 0.4) is 0 Å². The van der Waals surface area contributed by atoms with Gasteiger partial charge in [0.05, 0.1) is 73.3 Å². The summed E-state index contributed by atoms with van der Waals surface area (Å²) in [6, 6.07) is 36.5. The Kier molecular flexibility index (Phi) is 25.5. The number of aryl methyl sites for hydroxylation is 6. The molecule has 0 unspecified atom stereocenters. The molecule has 12 atom stereocenters. The van der Waals surface area contributed by atoms with Crippen LogP contribution >= 0.6 is 45.3 Å². The molecule has 10 aromatic heterocycles. The number of aromatic nitrogens is 6. The minimum atomic E-state index is -0.186. The maximum absolute atomic E-state index is 13.0. The highest BCUT2D eigenvalue weighted by Gasteiger charge is 2.53. The van der Waals surface area contributed by atoms with Crippen LogP contribution in [0.2, 0.25) is 0 Å². The van der Waals surface area contributed by atoms with E-state index in [1.165, 1.54) is 56.5 Å². The van der Waals surface area contributed by atoms with Crippen molar-refractivity contribution in [2.45, 2.75) is 167 Å². The molecule has 34 heteroatoms. The molecule has 6 saturated heterocycles. The van der Waals surface area contributed by atoms with Gasteiger partial charge in [0.25, 0.3) is 23.6 Å². The van der Waals surface area contributed by atoms with E-state index in [2.05, 4.69) is 149 Å². The van der Waals surface area contributed by atoms with E-state index in [1.54, 1.807) is 14.2 Å². The number of amides is 4. The second kappa shape index (κ2) is 37.1. The summed E-state index contributed by atoms with van der Waals surface area (Å²) in [5.41, 5.74) is 52.4. The Bertz CT molecular complexity index is 6150. The van der Waals surface area contributed by atoms with Crippen molar-refractivity contribution in [1.82, 2.24) is 51.2 Å². The first-order valence-corrected chi connectivity index (χ1v) is 49.8. The summed E-state index contributed by atoms with van der Waals surface area (Å²) in [6.45, 7) is 28.0. The molecule has 6 fully saturated rings. The number of pyridine rings is 6. The Morgan fingerprint density at radius 2 is 0.746 bits per heavy atom. The molecule has 10 aliphatic rings. The topological polar surface area (TPSA) is 418 Å². The molecule has 8 aliphatic heterocycles. The van der Waals surface area contributed by atoms with Gasteiger partial charge >= 0.3 is 0 Å². The number of methoxy groups -OCH3 is 2. The van der Waals surface area contributed by atoms with Gasteiger partial charge in [0, 0.05) is 182 Å². The molecule has 12 aromatic rings. The predicted molar refractivity (Wildman–Crippen MR) is 534 cm³/mol. The summed E-state index contributed by atoms with van der Waals surface area (Å²) in [6.07, 6.45) is 8.48. The van der Waals surface area contributed by atoms with Gasteiger partial charge in [-0.05, 0) is 186 Å². The molecule has 0 saturated carbocycles.